The molecule has 7 heteroatoms. The summed E-state index contributed by atoms with van der Waals surface area (Å²) in [6.45, 7) is 5.97. The normalized spacial score (nSPS) is 21.4. The molecule has 2 aromatic carbocycles. The maximum atomic E-state index is 13.3. The second kappa shape index (κ2) is 8.49. The summed E-state index contributed by atoms with van der Waals surface area (Å²) in [5.74, 6) is 0.109. The molecule has 4 rings (SSSR count). The predicted molar refractivity (Wildman–Crippen MR) is 119 cm³/mol. The first-order valence-electron chi connectivity index (χ1n) is 10.5. The fourth-order valence-corrected chi connectivity index (χ4v) is 6.02. The first-order chi connectivity index (χ1) is 14.4. The maximum Gasteiger partial charge on any atom is 0.244 e. The number of nitrogens with zero attached hydrogens (tertiary/aromatic N) is 3. The van der Waals surface area contributed by atoms with Crippen LogP contribution >= 0.6 is 0 Å². The monoisotopic (exact) mass is 427 g/mol. The molecule has 2 aliphatic heterocycles. The van der Waals surface area contributed by atoms with E-state index in [1.807, 2.05) is 60.4 Å². The fourth-order valence-electron chi connectivity index (χ4n) is 4.50. The van der Waals surface area contributed by atoms with Crippen molar-refractivity contribution < 1.29 is 13.2 Å². The van der Waals surface area contributed by atoms with Crippen LogP contribution in [0.15, 0.2) is 54.6 Å². The molecule has 160 valence electrons. The molecular weight excluding hydrogens is 398 g/mol. The largest absolute Gasteiger partial charge is 0.308 e. The lowest BCUT2D eigenvalue weighted by atomic mass is 10.1. The van der Waals surface area contributed by atoms with E-state index < -0.39 is 10.0 Å². The first kappa shape index (κ1) is 21.0. The Morgan fingerprint density at radius 2 is 1.63 bits per heavy atom. The average molecular weight is 428 g/mol. The van der Waals surface area contributed by atoms with Crippen LogP contribution in [0.3, 0.4) is 0 Å². The zero-order chi connectivity index (χ0) is 21.3. The van der Waals surface area contributed by atoms with Gasteiger partial charge in [-0.1, -0.05) is 48.5 Å². The highest BCUT2D eigenvalue weighted by atomic mass is 32.2. The Balaban J connectivity index is 1.39. The zero-order valence-corrected chi connectivity index (χ0v) is 18.4. The molecule has 2 aliphatic rings. The Hall–Kier alpha value is -2.22. The number of anilines is 1. The van der Waals surface area contributed by atoms with Gasteiger partial charge < -0.3 is 4.90 Å². The Morgan fingerprint density at radius 1 is 1.00 bits per heavy atom. The number of fused-ring (bicyclic) bond motifs is 1. The second-order valence-corrected chi connectivity index (χ2v) is 10.2. The molecule has 0 bridgehead atoms. The maximum absolute atomic E-state index is 13.3. The third-order valence-electron chi connectivity index (χ3n) is 6.21. The number of rotatable bonds is 5. The Labute approximate surface area is 179 Å². The van der Waals surface area contributed by atoms with Crippen molar-refractivity contribution in [3.63, 3.8) is 0 Å². The molecule has 0 saturated carbocycles. The van der Waals surface area contributed by atoms with E-state index in [1.54, 1.807) is 4.31 Å². The lowest BCUT2D eigenvalue weighted by Gasteiger charge is -2.38. The predicted octanol–water partition coefficient (Wildman–Crippen LogP) is 2.50. The minimum atomic E-state index is -3.36. The summed E-state index contributed by atoms with van der Waals surface area (Å²) in [6, 6.07) is 17.2. The summed E-state index contributed by atoms with van der Waals surface area (Å²) in [7, 11) is -3.36. The Morgan fingerprint density at radius 3 is 2.33 bits per heavy atom. The molecule has 0 spiro atoms. The Bertz CT molecular complexity index is 1000. The number of carbonyl (C=O) groups is 1. The summed E-state index contributed by atoms with van der Waals surface area (Å²) in [6.07, 6.45) is 0.875. The first-order valence-corrected chi connectivity index (χ1v) is 12.1. The van der Waals surface area contributed by atoms with E-state index >= 15 is 0 Å². The molecule has 0 aliphatic carbocycles. The lowest BCUT2D eigenvalue weighted by Crippen LogP contribution is -2.56. The van der Waals surface area contributed by atoms with Gasteiger partial charge in [-0.25, -0.2) is 8.42 Å². The standard InChI is InChI=1S/C23H29N3O3S/c1-18-16-21-10-6-7-11-22(21)26(18)23(27)19(2)24-12-14-25(15-13-24)30(28,29)17-20-8-4-3-5-9-20/h3-11,18-19H,12-17H2,1-2H3/t18-,19-/m0/s1. The third-order valence-corrected chi connectivity index (χ3v) is 8.06. The van der Waals surface area contributed by atoms with Gasteiger partial charge in [0.05, 0.1) is 11.8 Å². The van der Waals surface area contributed by atoms with E-state index in [2.05, 4.69) is 17.9 Å². The molecule has 1 amide bonds. The fraction of sp³-hybridized carbons (Fsp3) is 0.435. The lowest BCUT2D eigenvalue weighted by molar-refractivity contribution is -0.124. The topological polar surface area (TPSA) is 60.9 Å². The summed E-state index contributed by atoms with van der Waals surface area (Å²) in [5.41, 5.74) is 3.01. The number of hydrogen-bond donors (Lipinski definition) is 0. The molecule has 2 heterocycles. The highest BCUT2D eigenvalue weighted by Crippen LogP contribution is 2.32. The van der Waals surface area contributed by atoms with Gasteiger partial charge in [-0.15, -0.1) is 0 Å². The second-order valence-electron chi connectivity index (χ2n) is 8.24. The number of hydrogen-bond acceptors (Lipinski definition) is 4. The van der Waals surface area contributed by atoms with Crippen molar-refractivity contribution in [1.29, 1.82) is 0 Å². The van der Waals surface area contributed by atoms with Gasteiger partial charge in [0.25, 0.3) is 0 Å². The van der Waals surface area contributed by atoms with Gasteiger partial charge in [0, 0.05) is 37.9 Å². The van der Waals surface area contributed by atoms with E-state index in [4.69, 9.17) is 0 Å². The van der Waals surface area contributed by atoms with Crippen LogP contribution < -0.4 is 4.90 Å². The van der Waals surface area contributed by atoms with Crippen molar-refractivity contribution in [2.24, 2.45) is 0 Å². The smallest absolute Gasteiger partial charge is 0.244 e. The molecule has 0 aromatic heterocycles. The number of benzene rings is 2. The summed E-state index contributed by atoms with van der Waals surface area (Å²) in [4.78, 5) is 17.3. The molecule has 0 unspecified atom stereocenters. The minimum absolute atomic E-state index is 0.0183. The minimum Gasteiger partial charge on any atom is -0.308 e. The number of carbonyl (C=O) groups excluding carboxylic acids is 1. The van der Waals surface area contributed by atoms with Gasteiger partial charge in [-0.2, -0.15) is 4.31 Å². The summed E-state index contributed by atoms with van der Waals surface area (Å²) >= 11 is 0. The number of amides is 1. The molecule has 30 heavy (non-hydrogen) atoms. The molecular formula is C23H29N3O3S. The molecule has 1 saturated heterocycles. The van der Waals surface area contributed by atoms with Crippen molar-refractivity contribution in [3.05, 3.63) is 65.7 Å². The molecule has 2 aromatic rings. The van der Waals surface area contributed by atoms with Gasteiger partial charge in [-0.3, -0.25) is 9.69 Å². The van der Waals surface area contributed by atoms with Crippen LogP contribution in [0.1, 0.15) is 25.0 Å². The van der Waals surface area contributed by atoms with Crippen molar-refractivity contribution in [3.8, 4) is 0 Å². The van der Waals surface area contributed by atoms with Gasteiger partial charge >= 0.3 is 0 Å². The number of para-hydroxylation sites is 1. The van der Waals surface area contributed by atoms with Crippen LogP contribution in [0.4, 0.5) is 5.69 Å². The van der Waals surface area contributed by atoms with Gasteiger partial charge in [-0.05, 0) is 37.5 Å². The molecule has 2 atom stereocenters. The van der Waals surface area contributed by atoms with E-state index in [9.17, 15) is 13.2 Å². The molecule has 1 fully saturated rings. The van der Waals surface area contributed by atoms with Gasteiger partial charge in [0.1, 0.15) is 0 Å². The van der Waals surface area contributed by atoms with Crippen molar-refractivity contribution >= 4 is 21.6 Å². The van der Waals surface area contributed by atoms with Gasteiger partial charge in [0.15, 0.2) is 0 Å². The van der Waals surface area contributed by atoms with Crippen LogP contribution in [0.5, 0.6) is 0 Å². The number of piperazine rings is 1. The van der Waals surface area contributed by atoms with Crippen molar-refractivity contribution in [1.82, 2.24) is 9.21 Å². The van der Waals surface area contributed by atoms with E-state index in [0.717, 1.165) is 17.7 Å². The van der Waals surface area contributed by atoms with E-state index in [0.29, 0.717) is 26.2 Å². The van der Waals surface area contributed by atoms with Crippen molar-refractivity contribution in [2.45, 2.75) is 38.1 Å². The number of sulfonamides is 1. The van der Waals surface area contributed by atoms with Crippen molar-refractivity contribution in [2.75, 3.05) is 31.1 Å². The summed E-state index contributed by atoms with van der Waals surface area (Å²) < 4.78 is 27.1. The molecule has 0 radical (unpaired) electrons. The van der Waals surface area contributed by atoms with Crippen LogP contribution in [-0.2, 0) is 27.0 Å². The van der Waals surface area contributed by atoms with E-state index in [-0.39, 0.29) is 23.7 Å². The quantitative estimate of drug-likeness (QED) is 0.736. The molecule has 6 nitrogen and oxygen atoms in total. The SMILES string of the molecule is C[C@@H](C(=O)N1c2ccccc2C[C@@H]1C)N1CCN(S(=O)(=O)Cc2ccccc2)CC1. The Kier molecular flexibility index (Phi) is 5.95. The van der Waals surface area contributed by atoms with Crippen LogP contribution in [0.2, 0.25) is 0 Å². The third kappa shape index (κ3) is 4.15. The van der Waals surface area contributed by atoms with Crippen LogP contribution in [-0.4, -0.2) is 61.8 Å². The van der Waals surface area contributed by atoms with Crippen LogP contribution in [0.25, 0.3) is 0 Å². The average Bonchev–Trinajstić information content (AvgIpc) is 3.09. The van der Waals surface area contributed by atoms with E-state index in [1.165, 1.54) is 5.56 Å². The van der Waals surface area contributed by atoms with Crippen LogP contribution in [0, 0.1) is 0 Å². The highest BCUT2D eigenvalue weighted by Gasteiger charge is 2.37. The highest BCUT2D eigenvalue weighted by molar-refractivity contribution is 7.88. The van der Waals surface area contributed by atoms with Gasteiger partial charge in [0.2, 0.25) is 15.9 Å². The molecule has 0 N–H and O–H groups in total. The zero-order valence-electron chi connectivity index (χ0n) is 17.6. The summed E-state index contributed by atoms with van der Waals surface area (Å²) in [5, 5.41) is 0.